The van der Waals surface area contributed by atoms with E-state index in [1.807, 2.05) is 43.5 Å². The third-order valence-electron chi connectivity index (χ3n) is 6.27. The molecule has 208 valence electrons. The van der Waals surface area contributed by atoms with Crippen LogP contribution in [0.4, 0.5) is 5.69 Å². The number of aromatic nitrogens is 1. The molecule has 1 heterocycles. The van der Waals surface area contributed by atoms with Crippen molar-refractivity contribution in [3.8, 4) is 11.4 Å². The van der Waals surface area contributed by atoms with Crippen molar-refractivity contribution >= 4 is 51.0 Å². The molecule has 0 spiro atoms. The van der Waals surface area contributed by atoms with E-state index >= 15 is 0 Å². The van der Waals surface area contributed by atoms with Gasteiger partial charge in [0.25, 0.3) is 15.9 Å². The van der Waals surface area contributed by atoms with E-state index in [0.717, 1.165) is 32.5 Å². The first-order valence-corrected chi connectivity index (χ1v) is 14.4. The largest absolute Gasteiger partial charge is 0.497 e. The van der Waals surface area contributed by atoms with Crippen molar-refractivity contribution in [2.24, 2.45) is 5.10 Å². The second-order valence-corrected chi connectivity index (χ2v) is 11.7. The third kappa shape index (κ3) is 6.17. The maximum atomic E-state index is 13.6. The Labute approximate surface area is 243 Å². The van der Waals surface area contributed by atoms with Crippen LogP contribution in [0.25, 0.3) is 5.69 Å². The number of benzene rings is 3. The fourth-order valence-electron chi connectivity index (χ4n) is 4.21. The molecular formula is C29H28Cl2N4O4S. The van der Waals surface area contributed by atoms with Gasteiger partial charge >= 0.3 is 0 Å². The zero-order valence-corrected chi connectivity index (χ0v) is 24.7. The number of anilines is 1. The average Bonchev–Trinajstić information content (AvgIpc) is 3.21. The van der Waals surface area contributed by atoms with Gasteiger partial charge in [-0.3, -0.25) is 9.10 Å². The lowest BCUT2D eigenvalue weighted by Crippen LogP contribution is -2.39. The predicted octanol–water partition coefficient (Wildman–Crippen LogP) is 6.06. The van der Waals surface area contributed by atoms with Gasteiger partial charge in [-0.05, 0) is 63.2 Å². The molecule has 4 rings (SSSR count). The summed E-state index contributed by atoms with van der Waals surface area (Å²) in [7, 11) is -2.59. The van der Waals surface area contributed by atoms with Crippen LogP contribution >= 0.6 is 23.2 Å². The molecule has 4 aromatic rings. The number of nitrogens with zero attached hydrogens (tertiary/aromatic N) is 3. The average molecular weight is 600 g/mol. The van der Waals surface area contributed by atoms with Crippen LogP contribution in [0.15, 0.2) is 82.8 Å². The Morgan fingerprint density at radius 2 is 1.73 bits per heavy atom. The summed E-state index contributed by atoms with van der Waals surface area (Å²) in [6.45, 7) is 5.18. The van der Waals surface area contributed by atoms with Gasteiger partial charge in [-0.1, -0.05) is 53.0 Å². The van der Waals surface area contributed by atoms with E-state index in [1.54, 1.807) is 42.5 Å². The number of carbonyl (C=O) groups is 1. The summed E-state index contributed by atoms with van der Waals surface area (Å²) >= 11 is 12.6. The highest BCUT2D eigenvalue weighted by Crippen LogP contribution is 2.31. The van der Waals surface area contributed by atoms with Crippen LogP contribution in [-0.4, -0.2) is 38.8 Å². The van der Waals surface area contributed by atoms with Crippen LogP contribution in [0.2, 0.25) is 10.0 Å². The van der Waals surface area contributed by atoms with Gasteiger partial charge in [0, 0.05) is 23.0 Å². The van der Waals surface area contributed by atoms with Crippen LogP contribution in [-0.2, 0) is 14.8 Å². The van der Waals surface area contributed by atoms with Gasteiger partial charge < -0.3 is 9.30 Å². The minimum atomic E-state index is -4.08. The highest BCUT2D eigenvalue weighted by molar-refractivity contribution is 7.92. The molecule has 40 heavy (non-hydrogen) atoms. The third-order valence-corrected chi connectivity index (χ3v) is 8.87. The Balaban J connectivity index is 1.58. The van der Waals surface area contributed by atoms with E-state index in [4.69, 9.17) is 27.9 Å². The zero-order valence-electron chi connectivity index (χ0n) is 22.4. The summed E-state index contributed by atoms with van der Waals surface area (Å²) in [5, 5.41) is 4.96. The van der Waals surface area contributed by atoms with E-state index < -0.39 is 22.5 Å². The molecule has 0 saturated heterocycles. The molecule has 0 fully saturated rings. The van der Waals surface area contributed by atoms with Gasteiger partial charge in [-0.15, -0.1) is 0 Å². The summed E-state index contributed by atoms with van der Waals surface area (Å²) in [6.07, 6.45) is 1.50. The van der Waals surface area contributed by atoms with E-state index in [1.165, 1.54) is 25.5 Å². The molecule has 0 aliphatic heterocycles. The van der Waals surface area contributed by atoms with Crippen molar-refractivity contribution in [1.29, 1.82) is 0 Å². The van der Waals surface area contributed by atoms with Crippen molar-refractivity contribution in [3.63, 3.8) is 0 Å². The first-order chi connectivity index (χ1) is 19.0. The topological polar surface area (TPSA) is 93.0 Å². The van der Waals surface area contributed by atoms with Crippen LogP contribution in [0, 0.1) is 20.8 Å². The lowest BCUT2D eigenvalue weighted by atomic mass is 10.2. The number of halogens is 2. The molecule has 0 saturated carbocycles. The zero-order chi connectivity index (χ0) is 29.0. The second kappa shape index (κ2) is 12.2. The number of amides is 1. The Hall–Kier alpha value is -3.79. The van der Waals surface area contributed by atoms with Gasteiger partial charge in [-0.25, -0.2) is 13.8 Å². The number of hydrogen-bond acceptors (Lipinski definition) is 5. The predicted molar refractivity (Wildman–Crippen MR) is 160 cm³/mol. The number of hydrazone groups is 1. The minimum Gasteiger partial charge on any atom is -0.497 e. The van der Waals surface area contributed by atoms with Gasteiger partial charge in [-0.2, -0.15) is 5.10 Å². The van der Waals surface area contributed by atoms with Crippen LogP contribution < -0.4 is 14.5 Å². The SMILES string of the molecule is COc1cccc(N(CC(=O)N/N=C\c2cc(C)n(-c3cccc(Cl)c3Cl)c2C)S(=O)(=O)c2ccc(C)cc2)c1. The standard InChI is InChI=1S/C29H28Cl2N4O4S/c1-19-11-13-25(14-12-19)40(37,38)34(23-7-5-8-24(16-23)39-4)18-28(36)33-32-17-22-15-20(2)35(21(22)3)27-10-6-9-26(30)29(27)31/h5-17H,18H2,1-4H3,(H,33,36)/b32-17-. The number of aryl methyl sites for hydroxylation is 2. The number of ether oxygens (including phenoxy) is 1. The molecule has 0 bridgehead atoms. The Kier molecular flexibility index (Phi) is 8.88. The van der Waals surface area contributed by atoms with Gasteiger partial charge in [0.1, 0.15) is 12.3 Å². The molecule has 0 radical (unpaired) electrons. The fraction of sp³-hybridized carbons (Fsp3) is 0.172. The van der Waals surface area contributed by atoms with Crippen molar-refractivity contribution in [1.82, 2.24) is 9.99 Å². The smallest absolute Gasteiger partial charge is 0.264 e. The van der Waals surface area contributed by atoms with Crippen molar-refractivity contribution in [2.75, 3.05) is 18.0 Å². The highest BCUT2D eigenvalue weighted by Gasteiger charge is 2.27. The lowest BCUT2D eigenvalue weighted by molar-refractivity contribution is -0.119. The Morgan fingerprint density at radius 3 is 2.42 bits per heavy atom. The summed E-state index contributed by atoms with van der Waals surface area (Å²) in [6, 6.07) is 20.2. The molecule has 0 unspecified atom stereocenters. The molecule has 11 heteroatoms. The molecule has 1 amide bonds. The number of carbonyl (C=O) groups excluding carboxylic acids is 1. The van der Waals surface area contributed by atoms with Crippen LogP contribution in [0.1, 0.15) is 22.5 Å². The van der Waals surface area contributed by atoms with Crippen molar-refractivity contribution in [3.05, 3.63) is 105 Å². The molecule has 8 nitrogen and oxygen atoms in total. The van der Waals surface area contributed by atoms with Crippen molar-refractivity contribution in [2.45, 2.75) is 25.7 Å². The van der Waals surface area contributed by atoms with E-state index in [2.05, 4.69) is 10.5 Å². The maximum absolute atomic E-state index is 13.6. The molecular weight excluding hydrogens is 571 g/mol. The first-order valence-electron chi connectivity index (χ1n) is 12.2. The highest BCUT2D eigenvalue weighted by atomic mass is 35.5. The van der Waals surface area contributed by atoms with Gasteiger partial charge in [0.15, 0.2) is 0 Å². The molecule has 3 aromatic carbocycles. The Bertz CT molecular complexity index is 1680. The second-order valence-electron chi connectivity index (χ2n) is 9.05. The van der Waals surface area contributed by atoms with Crippen LogP contribution in [0.5, 0.6) is 5.75 Å². The molecule has 1 N–H and O–H groups in total. The molecule has 1 aromatic heterocycles. The fourth-order valence-corrected chi connectivity index (χ4v) is 6.00. The summed E-state index contributed by atoms with van der Waals surface area (Å²) in [5.74, 6) is -0.170. The number of nitrogens with one attached hydrogen (secondary N) is 1. The van der Waals surface area contributed by atoms with E-state index in [0.29, 0.717) is 15.8 Å². The summed E-state index contributed by atoms with van der Waals surface area (Å²) < 4.78 is 35.4. The summed E-state index contributed by atoms with van der Waals surface area (Å²) in [4.78, 5) is 13.0. The summed E-state index contributed by atoms with van der Waals surface area (Å²) in [5.41, 5.74) is 6.83. The van der Waals surface area contributed by atoms with Crippen molar-refractivity contribution < 1.29 is 17.9 Å². The minimum absolute atomic E-state index is 0.0596. The Morgan fingerprint density at radius 1 is 1.02 bits per heavy atom. The van der Waals surface area contributed by atoms with Crippen LogP contribution in [0.3, 0.4) is 0 Å². The van der Waals surface area contributed by atoms with E-state index in [-0.39, 0.29) is 10.6 Å². The molecule has 0 atom stereocenters. The maximum Gasteiger partial charge on any atom is 0.264 e. The number of sulfonamides is 1. The quantitative estimate of drug-likeness (QED) is 0.187. The van der Waals surface area contributed by atoms with Gasteiger partial charge in [0.05, 0.1) is 39.6 Å². The lowest BCUT2D eigenvalue weighted by Gasteiger charge is -2.24. The first kappa shape index (κ1) is 29.2. The molecule has 0 aliphatic carbocycles. The van der Waals surface area contributed by atoms with E-state index in [9.17, 15) is 13.2 Å². The number of rotatable bonds is 9. The number of hydrogen-bond donors (Lipinski definition) is 1. The monoisotopic (exact) mass is 598 g/mol. The normalized spacial score (nSPS) is 11.6. The number of methoxy groups -OCH3 is 1. The molecule has 0 aliphatic rings. The van der Waals surface area contributed by atoms with Gasteiger partial charge in [0.2, 0.25) is 0 Å².